The van der Waals surface area contributed by atoms with E-state index >= 15 is 0 Å². The Bertz CT molecular complexity index is 1400. The Morgan fingerprint density at radius 3 is 1.23 bits per heavy atom. The van der Waals surface area contributed by atoms with Gasteiger partial charge in [-0.2, -0.15) is 0 Å². The second-order valence-corrected chi connectivity index (χ2v) is 10.3. The first-order valence-electron chi connectivity index (χ1n) is 14.5. The molecule has 0 heterocycles. The lowest BCUT2D eigenvalue weighted by Gasteiger charge is -2.25. The van der Waals surface area contributed by atoms with Gasteiger partial charge in [-0.1, -0.05) is 76.2 Å². The van der Waals surface area contributed by atoms with Gasteiger partial charge in [0.1, 0.15) is 11.5 Å². The van der Waals surface area contributed by atoms with Gasteiger partial charge in [-0.15, -0.1) is 0 Å². The van der Waals surface area contributed by atoms with Gasteiger partial charge in [-0.3, -0.25) is 9.59 Å². The van der Waals surface area contributed by atoms with Crippen LogP contribution in [-0.2, 0) is 0 Å². The van der Waals surface area contributed by atoms with Crippen LogP contribution in [0.15, 0.2) is 60.7 Å². The molecule has 2 amide bonds. The minimum absolute atomic E-state index is 0.189. The number of phenols is 2. The molecule has 2 N–H and O–H groups in total. The molecule has 0 saturated carbocycles. The van der Waals surface area contributed by atoms with Gasteiger partial charge in [0.05, 0.1) is 11.1 Å². The number of benzene rings is 4. The van der Waals surface area contributed by atoms with Crippen molar-refractivity contribution in [1.82, 2.24) is 9.80 Å². The first-order valence-corrected chi connectivity index (χ1v) is 14.5. The van der Waals surface area contributed by atoms with E-state index in [9.17, 15) is 19.8 Å². The number of hydrogen-bond acceptors (Lipinski definition) is 4. The van der Waals surface area contributed by atoms with Gasteiger partial charge in [0.2, 0.25) is 0 Å². The molecule has 6 heteroatoms. The van der Waals surface area contributed by atoms with Gasteiger partial charge in [0, 0.05) is 37.3 Å². The number of carbonyl (C=O) groups excluding carboxylic acids is 2. The summed E-state index contributed by atoms with van der Waals surface area (Å²) in [6, 6.07) is 18.5. The molecule has 4 aromatic carbocycles. The molecule has 0 aliphatic carbocycles. The summed E-state index contributed by atoms with van der Waals surface area (Å²) in [6.07, 6.45) is 3.20. The fourth-order valence-corrected chi connectivity index (χ4v) is 5.56. The number of hydrogen-bond donors (Lipinski definition) is 2. The molecule has 0 saturated heterocycles. The van der Waals surface area contributed by atoms with E-state index in [1.54, 1.807) is 21.9 Å². The average Bonchev–Trinajstić information content (AvgIpc) is 2.96. The standard InChI is InChI=1S/C34H40N2O4/c1-5-17-35(18-6-2)33(39)27-21-23-13-9-11-15-25(23)29(31(27)37)30-26-16-12-10-14-24(26)22-28(32(30)38)34(40)36(19-7-3)20-8-4/h9-16,21-22,37-38H,5-8,17-20H2,1-4H3. The van der Waals surface area contributed by atoms with E-state index in [1.165, 1.54) is 0 Å². The van der Waals surface area contributed by atoms with Crippen molar-refractivity contribution >= 4 is 33.4 Å². The van der Waals surface area contributed by atoms with E-state index in [0.29, 0.717) is 48.1 Å². The third-order valence-electron chi connectivity index (χ3n) is 7.30. The van der Waals surface area contributed by atoms with Crippen molar-refractivity contribution < 1.29 is 19.8 Å². The van der Waals surface area contributed by atoms with Crippen LogP contribution in [0.3, 0.4) is 0 Å². The van der Waals surface area contributed by atoms with Crippen molar-refractivity contribution in [3.63, 3.8) is 0 Å². The van der Waals surface area contributed by atoms with Gasteiger partial charge in [0.15, 0.2) is 0 Å². The molecule has 0 bridgehead atoms. The van der Waals surface area contributed by atoms with E-state index in [2.05, 4.69) is 0 Å². The first kappa shape index (κ1) is 28.9. The maximum atomic E-state index is 13.8. The van der Waals surface area contributed by atoms with Gasteiger partial charge in [-0.05, 0) is 59.4 Å². The molecule has 6 nitrogen and oxygen atoms in total. The van der Waals surface area contributed by atoms with Crippen LogP contribution in [0.4, 0.5) is 0 Å². The zero-order valence-corrected chi connectivity index (χ0v) is 24.0. The second-order valence-electron chi connectivity index (χ2n) is 10.3. The lowest BCUT2D eigenvalue weighted by molar-refractivity contribution is 0.0744. The Morgan fingerprint density at radius 1 is 0.575 bits per heavy atom. The van der Waals surface area contributed by atoms with Crippen LogP contribution in [0.25, 0.3) is 32.7 Å². The Labute approximate surface area is 236 Å². The van der Waals surface area contributed by atoms with Gasteiger partial charge in [-0.25, -0.2) is 0 Å². The van der Waals surface area contributed by atoms with Crippen LogP contribution in [-0.4, -0.2) is 58.0 Å². The molecule has 210 valence electrons. The quantitative estimate of drug-likeness (QED) is 0.205. The molecule has 0 atom stereocenters. The summed E-state index contributed by atoms with van der Waals surface area (Å²) in [6.45, 7) is 10.4. The van der Waals surface area contributed by atoms with Crippen LogP contribution >= 0.6 is 0 Å². The predicted molar refractivity (Wildman–Crippen MR) is 163 cm³/mol. The number of nitrogens with zero attached hydrogens (tertiary/aromatic N) is 2. The Morgan fingerprint density at radius 2 is 0.900 bits per heavy atom. The van der Waals surface area contributed by atoms with E-state index in [4.69, 9.17) is 0 Å². The number of fused-ring (bicyclic) bond motifs is 2. The zero-order chi connectivity index (χ0) is 28.8. The molecule has 0 fully saturated rings. The lowest BCUT2D eigenvalue weighted by atomic mass is 9.88. The Hall–Kier alpha value is -4.06. The van der Waals surface area contributed by atoms with Crippen molar-refractivity contribution in [2.24, 2.45) is 0 Å². The third kappa shape index (κ3) is 5.48. The maximum Gasteiger partial charge on any atom is 0.257 e. The third-order valence-corrected chi connectivity index (χ3v) is 7.30. The van der Waals surface area contributed by atoms with Crippen LogP contribution in [0.2, 0.25) is 0 Å². The average molecular weight is 541 g/mol. The van der Waals surface area contributed by atoms with E-state index in [1.807, 2.05) is 76.2 Å². The van der Waals surface area contributed by atoms with Crippen molar-refractivity contribution in [2.75, 3.05) is 26.2 Å². The number of carbonyl (C=O) groups is 2. The number of amides is 2. The fourth-order valence-electron chi connectivity index (χ4n) is 5.56. The summed E-state index contributed by atoms with van der Waals surface area (Å²) in [7, 11) is 0. The predicted octanol–water partition coefficient (Wildman–Crippen LogP) is 7.60. The van der Waals surface area contributed by atoms with Crippen molar-refractivity contribution in [3.8, 4) is 22.6 Å². The van der Waals surface area contributed by atoms with Gasteiger partial charge in [0.25, 0.3) is 11.8 Å². The summed E-state index contributed by atoms with van der Waals surface area (Å²) in [5.41, 5.74) is 1.09. The highest BCUT2D eigenvalue weighted by Gasteiger charge is 2.28. The molecule has 0 radical (unpaired) electrons. The normalized spacial score (nSPS) is 11.2. The Balaban J connectivity index is 2.06. The maximum absolute atomic E-state index is 13.8. The zero-order valence-electron chi connectivity index (χ0n) is 24.0. The van der Waals surface area contributed by atoms with Crippen LogP contribution in [0, 0.1) is 0 Å². The molecular formula is C34H40N2O4. The van der Waals surface area contributed by atoms with E-state index in [0.717, 1.165) is 36.5 Å². The van der Waals surface area contributed by atoms with Crippen LogP contribution in [0.5, 0.6) is 11.5 Å². The summed E-state index contributed by atoms with van der Waals surface area (Å²) < 4.78 is 0. The first-order chi connectivity index (χ1) is 19.4. The smallest absolute Gasteiger partial charge is 0.257 e. The topological polar surface area (TPSA) is 81.1 Å². The molecule has 0 aromatic heterocycles. The number of phenolic OH excluding ortho intramolecular Hbond substituents is 2. The molecule has 4 aromatic rings. The fraction of sp³-hybridized carbons (Fsp3) is 0.353. The minimum atomic E-state index is -0.249. The summed E-state index contributed by atoms with van der Waals surface area (Å²) in [5.74, 6) is -0.877. The second kappa shape index (κ2) is 12.9. The highest BCUT2D eigenvalue weighted by Crippen LogP contribution is 2.48. The van der Waals surface area contributed by atoms with E-state index < -0.39 is 0 Å². The molecule has 40 heavy (non-hydrogen) atoms. The number of aromatic hydroxyl groups is 2. The largest absolute Gasteiger partial charge is 0.506 e. The monoisotopic (exact) mass is 540 g/mol. The highest BCUT2D eigenvalue weighted by atomic mass is 16.3. The molecular weight excluding hydrogens is 500 g/mol. The van der Waals surface area contributed by atoms with Crippen LogP contribution in [0.1, 0.15) is 74.1 Å². The van der Waals surface area contributed by atoms with Gasteiger partial charge >= 0.3 is 0 Å². The molecule has 0 unspecified atom stereocenters. The molecule has 0 aliphatic rings. The van der Waals surface area contributed by atoms with Crippen molar-refractivity contribution in [2.45, 2.75) is 53.4 Å². The Kier molecular flexibility index (Phi) is 9.30. The molecule has 0 aliphatic heterocycles. The van der Waals surface area contributed by atoms with E-state index in [-0.39, 0.29) is 34.4 Å². The minimum Gasteiger partial charge on any atom is -0.506 e. The lowest BCUT2D eigenvalue weighted by Crippen LogP contribution is -2.32. The molecule has 4 rings (SSSR count). The van der Waals surface area contributed by atoms with Crippen molar-refractivity contribution in [3.05, 3.63) is 71.8 Å². The summed E-state index contributed by atoms with van der Waals surface area (Å²) in [4.78, 5) is 31.1. The molecule has 0 spiro atoms. The summed E-state index contributed by atoms with van der Waals surface area (Å²) in [5, 5.41) is 26.6. The summed E-state index contributed by atoms with van der Waals surface area (Å²) >= 11 is 0. The number of rotatable bonds is 11. The van der Waals surface area contributed by atoms with Crippen molar-refractivity contribution in [1.29, 1.82) is 0 Å². The SMILES string of the molecule is CCCN(CCC)C(=O)c1cc2ccccc2c(-c2c(O)c(C(=O)N(CCC)CCC)cc3ccccc23)c1O. The highest BCUT2D eigenvalue weighted by molar-refractivity contribution is 6.16. The van der Waals surface area contributed by atoms with Crippen LogP contribution < -0.4 is 0 Å². The van der Waals surface area contributed by atoms with Gasteiger partial charge < -0.3 is 20.0 Å².